The number of nitrogens with two attached hydrogens (primary N) is 1. The van der Waals surface area contributed by atoms with Crippen molar-refractivity contribution in [2.45, 2.75) is 20.0 Å². The number of rotatable bonds is 4. The van der Waals surface area contributed by atoms with Gasteiger partial charge >= 0.3 is 0 Å². The van der Waals surface area contributed by atoms with Crippen LogP contribution in [0.2, 0.25) is 0 Å². The summed E-state index contributed by atoms with van der Waals surface area (Å²) in [4.78, 5) is 11.9. The molecule has 0 saturated heterocycles. The summed E-state index contributed by atoms with van der Waals surface area (Å²) in [6, 6.07) is 1.54. The van der Waals surface area contributed by atoms with Crippen LogP contribution in [-0.4, -0.2) is 20.7 Å². The van der Waals surface area contributed by atoms with Gasteiger partial charge in [0, 0.05) is 18.3 Å². The molecule has 1 aromatic heterocycles. The van der Waals surface area contributed by atoms with Crippen molar-refractivity contribution in [2.75, 3.05) is 5.73 Å². The highest BCUT2D eigenvalue weighted by Gasteiger charge is 2.15. The molecular weight excluding hydrogens is 268 g/mol. The van der Waals surface area contributed by atoms with Crippen LogP contribution < -0.4 is 11.1 Å². The number of carbonyl (C=O) groups excluding carboxylic acids is 1. The Hall–Kier alpha value is -2.51. The third-order valence-electron chi connectivity index (χ3n) is 2.78. The van der Waals surface area contributed by atoms with Crippen molar-refractivity contribution in [3.63, 3.8) is 0 Å². The molecule has 0 unspecified atom stereocenters. The molecule has 6 nitrogen and oxygen atoms in total. The van der Waals surface area contributed by atoms with E-state index in [1.54, 1.807) is 4.57 Å². The second-order valence-corrected chi connectivity index (χ2v) is 4.07. The lowest BCUT2D eigenvalue weighted by Gasteiger charge is -2.08. The SMILES string of the molecule is CCn1cnnc1CNC(=O)c1cc(F)c(F)cc1N. The quantitative estimate of drug-likeness (QED) is 0.821. The molecule has 8 heteroatoms. The van der Waals surface area contributed by atoms with E-state index >= 15 is 0 Å². The van der Waals surface area contributed by atoms with E-state index < -0.39 is 17.5 Å². The van der Waals surface area contributed by atoms with E-state index in [4.69, 9.17) is 5.73 Å². The van der Waals surface area contributed by atoms with Gasteiger partial charge in [0.05, 0.1) is 12.1 Å². The van der Waals surface area contributed by atoms with Crippen molar-refractivity contribution < 1.29 is 13.6 Å². The number of benzene rings is 1. The van der Waals surface area contributed by atoms with E-state index in [-0.39, 0.29) is 17.8 Å². The average molecular weight is 281 g/mol. The van der Waals surface area contributed by atoms with Gasteiger partial charge in [0.25, 0.3) is 5.91 Å². The molecule has 0 aliphatic carbocycles. The van der Waals surface area contributed by atoms with E-state index in [0.29, 0.717) is 12.4 Å². The maximum absolute atomic E-state index is 13.1. The number of nitrogens with zero attached hydrogens (tertiary/aromatic N) is 3. The van der Waals surface area contributed by atoms with Gasteiger partial charge in [0.1, 0.15) is 6.33 Å². The highest BCUT2D eigenvalue weighted by atomic mass is 19.2. The summed E-state index contributed by atoms with van der Waals surface area (Å²) >= 11 is 0. The van der Waals surface area contributed by atoms with Gasteiger partial charge in [-0.2, -0.15) is 0 Å². The van der Waals surface area contributed by atoms with E-state index in [1.807, 2.05) is 6.92 Å². The maximum Gasteiger partial charge on any atom is 0.253 e. The lowest BCUT2D eigenvalue weighted by molar-refractivity contribution is 0.0950. The highest BCUT2D eigenvalue weighted by molar-refractivity contribution is 5.99. The number of amides is 1. The zero-order valence-corrected chi connectivity index (χ0v) is 10.7. The van der Waals surface area contributed by atoms with Gasteiger partial charge in [0.15, 0.2) is 17.5 Å². The molecule has 1 heterocycles. The summed E-state index contributed by atoms with van der Waals surface area (Å²) < 4.78 is 27.8. The Morgan fingerprint density at radius 3 is 2.80 bits per heavy atom. The summed E-state index contributed by atoms with van der Waals surface area (Å²) in [6.45, 7) is 2.68. The Balaban J connectivity index is 2.11. The van der Waals surface area contributed by atoms with Gasteiger partial charge in [-0.1, -0.05) is 0 Å². The summed E-state index contributed by atoms with van der Waals surface area (Å²) in [6.07, 6.45) is 1.54. The lowest BCUT2D eigenvalue weighted by atomic mass is 10.1. The maximum atomic E-state index is 13.1. The van der Waals surface area contributed by atoms with Gasteiger partial charge in [-0.05, 0) is 13.0 Å². The fourth-order valence-corrected chi connectivity index (χ4v) is 1.69. The van der Waals surface area contributed by atoms with Crippen LogP contribution in [0.3, 0.4) is 0 Å². The van der Waals surface area contributed by atoms with Crippen molar-refractivity contribution >= 4 is 11.6 Å². The molecule has 0 aliphatic heterocycles. The zero-order chi connectivity index (χ0) is 14.7. The number of nitrogens with one attached hydrogen (secondary N) is 1. The van der Waals surface area contributed by atoms with Gasteiger partial charge < -0.3 is 15.6 Å². The van der Waals surface area contributed by atoms with E-state index in [1.165, 1.54) is 6.33 Å². The number of hydrogen-bond donors (Lipinski definition) is 2. The third-order valence-corrected chi connectivity index (χ3v) is 2.78. The second-order valence-electron chi connectivity index (χ2n) is 4.07. The number of hydrogen-bond acceptors (Lipinski definition) is 4. The predicted octanol–water partition coefficient (Wildman–Crippen LogP) is 1.09. The van der Waals surface area contributed by atoms with Crippen molar-refractivity contribution in [1.82, 2.24) is 20.1 Å². The Bertz CT molecular complexity index is 641. The molecule has 20 heavy (non-hydrogen) atoms. The zero-order valence-electron chi connectivity index (χ0n) is 10.7. The molecule has 0 aliphatic rings. The minimum atomic E-state index is -1.12. The van der Waals surface area contributed by atoms with Crippen LogP contribution in [0.15, 0.2) is 18.5 Å². The number of halogens is 2. The fourth-order valence-electron chi connectivity index (χ4n) is 1.69. The molecule has 2 aromatic rings. The average Bonchev–Trinajstić information content (AvgIpc) is 2.87. The molecule has 0 saturated carbocycles. The Morgan fingerprint density at radius 1 is 1.40 bits per heavy atom. The molecule has 1 amide bonds. The summed E-state index contributed by atoms with van der Waals surface area (Å²) in [5, 5.41) is 10.1. The van der Waals surface area contributed by atoms with Crippen LogP contribution in [-0.2, 0) is 13.1 Å². The summed E-state index contributed by atoms with van der Waals surface area (Å²) in [5.41, 5.74) is 5.25. The predicted molar refractivity (Wildman–Crippen MR) is 67.6 cm³/mol. The molecule has 106 valence electrons. The summed E-state index contributed by atoms with van der Waals surface area (Å²) in [5.74, 6) is -2.26. The van der Waals surface area contributed by atoms with Crippen molar-refractivity contribution in [2.24, 2.45) is 0 Å². The van der Waals surface area contributed by atoms with Crippen molar-refractivity contribution in [1.29, 1.82) is 0 Å². The molecule has 1 aromatic carbocycles. The van der Waals surface area contributed by atoms with Crippen molar-refractivity contribution in [3.8, 4) is 0 Å². The smallest absolute Gasteiger partial charge is 0.253 e. The number of carbonyl (C=O) groups is 1. The first-order valence-electron chi connectivity index (χ1n) is 5.92. The Morgan fingerprint density at radius 2 is 2.10 bits per heavy atom. The fraction of sp³-hybridized carbons (Fsp3) is 0.250. The molecule has 0 bridgehead atoms. The summed E-state index contributed by atoms with van der Waals surface area (Å²) in [7, 11) is 0. The van der Waals surface area contributed by atoms with Gasteiger partial charge in [-0.25, -0.2) is 8.78 Å². The first-order chi connectivity index (χ1) is 9.52. The Kier molecular flexibility index (Phi) is 3.92. The number of aromatic nitrogens is 3. The second kappa shape index (κ2) is 5.64. The van der Waals surface area contributed by atoms with E-state index in [0.717, 1.165) is 12.1 Å². The number of nitrogen functional groups attached to an aromatic ring is 1. The minimum absolute atomic E-state index is 0.116. The van der Waals surface area contributed by atoms with Crippen LogP contribution >= 0.6 is 0 Å². The normalized spacial score (nSPS) is 10.6. The largest absolute Gasteiger partial charge is 0.398 e. The van der Waals surface area contributed by atoms with E-state index in [9.17, 15) is 13.6 Å². The molecular formula is C12H13F2N5O. The first-order valence-corrected chi connectivity index (χ1v) is 5.92. The molecule has 2 rings (SSSR count). The van der Waals surface area contributed by atoms with Crippen molar-refractivity contribution in [3.05, 3.63) is 41.5 Å². The molecule has 0 atom stereocenters. The molecule has 3 N–H and O–H groups in total. The third kappa shape index (κ3) is 2.73. The standard InChI is InChI=1S/C12H13F2N5O/c1-2-19-6-17-18-11(19)5-16-12(20)7-3-8(13)9(14)4-10(7)15/h3-4,6H,2,5,15H2,1H3,(H,16,20). The Labute approximate surface area is 113 Å². The van der Waals surface area contributed by atoms with Crippen LogP contribution in [0.25, 0.3) is 0 Å². The van der Waals surface area contributed by atoms with Gasteiger partial charge in [0.2, 0.25) is 0 Å². The van der Waals surface area contributed by atoms with Gasteiger partial charge in [-0.3, -0.25) is 4.79 Å². The lowest BCUT2D eigenvalue weighted by Crippen LogP contribution is -2.25. The van der Waals surface area contributed by atoms with Crippen LogP contribution in [0.1, 0.15) is 23.1 Å². The van der Waals surface area contributed by atoms with Gasteiger partial charge in [-0.15, -0.1) is 10.2 Å². The van der Waals surface area contributed by atoms with Crippen LogP contribution in [0.5, 0.6) is 0 Å². The van der Waals surface area contributed by atoms with Crippen LogP contribution in [0, 0.1) is 11.6 Å². The molecule has 0 spiro atoms. The molecule has 0 fully saturated rings. The first kappa shape index (κ1) is 13.9. The minimum Gasteiger partial charge on any atom is -0.398 e. The topological polar surface area (TPSA) is 85.8 Å². The number of anilines is 1. The van der Waals surface area contributed by atoms with Crippen LogP contribution in [0.4, 0.5) is 14.5 Å². The van der Waals surface area contributed by atoms with E-state index in [2.05, 4.69) is 15.5 Å². The highest BCUT2D eigenvalue weighted by Crippen LogP contribution is 2.16. The number of aryl methyl sites for hydroxylation is 1. The monoisotopic (exact) mass is 281 g/mol. The molecule has 0 radical (unpaired) electrons.